The SMILES string of the molecule is Cl.Cl.O=C(NCC1CNC1)c1cnc(-c2ccco2)s1. The number of carbonyl (C=O) groups excluding carboxylic acids is 1. The quantitative estimate of drug-likeness (QED) is 0.898. The van der Waals surface area contributed by atoms with Crippen LogP contribution in [0.5, 0.6) is 0 Å². The fraction of sp³-hybridized carbons (Fsp3) is 0.333. The molecule has 0 unspecified atom stereocenters. The van der Waals surface area contributed by atoms with Gasteiger partial charge in [0.1, 0.15) is 4.88 Å². The topological polar surface area (TPSA) is 67.2 Å². The van der Waals surface area contributed by atoms with Crippen molar-refractivity contribution < 1.29 is 9.21 Å². The van der Waals surface area contributed by atoms with E-state index < -0.39 is 0 Å². The summed E-state index contributed by atoms with van der Waals surface area (Å²) in [6.07, 6.45) is 3.19. The number of hydrogen-bond acceptors (Lipinski definition) is 5. The minimum absolute atomic E-state index is 0. The fourth-order valence-corrected chi connectivity index (χ4v) is 2.51. The molecule has 1 aliphatic heterocycles. The molecule has 20 heavy (non-hydrogen) atoms. The molecule has 1 amide bonds. The number of halogens is 2. The van der Waals surface area contributed by atoms with Crippen LogP contribution in [0.15, 0.2) is 29.0 Å². The van der Waals surface area contributed by atoms with Crippen molar-refractivity contribution in [3.63, 3.8) is 0 Å². The molecule has 0 aliphatic carbocycles. The van der Waals surface area contributed by atoms with Crippen LogP contribution in [0.4, 0.5) is 0 Å². The van der Waals surface area contributed by atoms with Gasteiger partial charge >= 0.3 is 0 Å². The van der Waals surface area contributed by atoms with Gasteiger partial charge in [0.25, 0.3) is 5.91 Å². The number of aromatic nitrogens is 1. The van der Waals surface area contributed by atoms with Crippen LogP contribution in [0.3, 0.4) is 0 Å². The van der Waals surface area contributed by atoms with Crippen molar-refractivity contribution in [2.24, 2.45) is 5.92 Å². The van der Waals surface area contributed by atoms with Crippen LogP contribution in [-0.4, -0.2) is 30.5 Å². The highest BCUT2D eigenvalue weighted by Crippen LogP contribution is 2.25. The number of amides is 1. The van der Waals surface area contributed by atoms with Gasteiger partial charge < -0.3 is 15.1 Å². The minimum atomic E-state index is -0.0581. The Hall–Kier alpha value is -1.08. The Balaban J connectivity index is 0.000001000. The summed E-state index contributed by atoms with van der Waals surface area (Å²) in [4.78, 5) is 16.7. The molecule has 110 valence electrons. The Morgan fingerprint density at radius 1 is 1.50 bits per heavy atom. The molecule has 0 aromatic carbocycles. The number of nitrogens with zero attached hydrogens (tertiary/aromatic N) is 1. The van der Waals surface area contributed by atoms with Crippen LogP contribution in [0.25, 0.3) is 10.8 Å². The summed E-state index contributed by atoms with van der Waals surface area (Å²) in [6, 6.07) is 3.64. The normalized spacial score (nSPS) is 13.8. The van der Waals surface area contributed by atoms with Crippen LogP contribution in [0.1, 0.15) is 9.67 Å². The summed E-state index contributed by atoms with van der Waals surface area (Å²) in [6.45, 7) is 2.70. The van der Waals surface area contributed by atoms with Gasteiger partial charge in [-0.1, -0.05) is 0 Å². The van der Waals surface area contributed by atoms with E-state index in [1.807, 2.05) is 6.07 Å². The third kappa shape index (κ3) is 3.73. The van der Waals surface area contributed by atoms with E-state index in [-0.39, 0.29) is 30.7 Å². The summed E-state index contributed by atoms with van der Waals surface area (Å²) in [5.41, 5.74) is 0. The van der Waals surface area contributed by atoms with Crippen molar-refractivity contribution >= 4 is 42.1 Å². The lowest BCUT2D eigenvalue weighted by Crippen LogP contribution is -2.48. The third-order valence-electron chi connectivity index (χ3n) is 2.88. The number of thiazole rings is 1. The molecule has 5 nitrogen and oxygen atoms in total. The molecule has 1 aliphatic rings. The first-order valence-electron chi connectivity index (χ1n) is 5.81. The Kier molecular flexibility index (Phi) is 6.48. The second-order valence-corrected chi connectivity index (χ2v) is 5.27. The highest BCUT2D eigenvalue weighted by Gasteiger charge is 2.19. The zero-order chi connectivity index (χ0) is 12.4. The maximum atomic E-state index is 11.9. The summed E-state index contributed by atoms with van der Waals surface area (Å²) in [5, 5.41) is 6.83. The van der Waals surface area contributed by atoms with Gasteiger partial charge in [0.05, 0.1) is 12.5 Å². The van der Waals surface area contributed by atoms with E-state index in [1.54, 1.807) is 18.5 Å². The zero-order valence-electron chi connectivity index (χ0n) is 10.5. The Bertz CT molecular complexity index is 541. The number of rotatable bonds is 4. The van der Waals surface area contributed by atoms with Gasteiger partial charge in [0, 0.05) is 25.6 Å². The highest BCUT2D eigenvalue weighted by atomic mass is 35.5. The lowest BCUT2D eigenvalue weighted by atomic mass is 10.0. The maximum Gasteiger partial charge on any atom is 0.263 e. The summed E-state index contributed by atoms with van der Waals surface area (Å²) >= 11 is 1.34. The van der Waals surface area contributed by atoms with E-state index in [0.717, 1.165) is 24.6 Å². The van der Waals surface area contributed by atoms with Gasteiger partial charge in [-0.2, -0.15) is 0 Å². The summed E-state index contributed by atoms with van der Waals surface area (Å²) < 4.78 is 5.25. The number of nitrogens with one attached hydrogen (secondary N) is 2. The largest absolute Gasteiger partial charge is 0.462 e. The number of hydrogen-bond donors (Lipinski definition) is 2. The predicted molar refractivity (Wildman–Crippen MR) is 83.0 cm³/mol. The molecule has 3 heterocycles. The van der Waals surface area contributed by atoms with Crippen LogP contribution < -0.4 is 10.6 Å². The van der Waals surface area contributed by atoms with E-state index in [2.05, 4.69) is 15.6 Å². The second kappa shape index (κ2) is 7.64. The van der Waals surface area contributed by atoms with Crippen molar-refractivity contribution in [1.29, 1.82) is 0 Å². The second-order valence-electron chi connectivity index (χ2n) is 4.24. The van der Waals surface area contributed by atoms with Gasteiger partial charge in [0.2, 0.25) is 0 Å². The minimum Gasteiger partial charge on any atom is -0.462 e. The monoisotopic (exact) mass is 335 g/mol. The smallest absolute Gasteiger partial charge is 0.263 e. The van der Waals surface area contributed by atoms with E-state index in [0.29, 0.717) is 16.6 Å². The number of furan rings is 1. The summed E-state index contributed by atoms with van der Waals surface area (Å²) in [5.74, 6) is 1.20. The molecule has 8 heteroatoms. The lowest BCUT2D eigenvalue weighted by Gasteiger charge is -2.26. The van der Waals surface area contributed by atoms with Crippen LogP contribution in [0, 0.1) is 5.92 Å². The van der Waals surface area contributed by atoms with Crippen LogP contribution in [0.2, 0.25) is 0 Å². The molecule has 0 spiro atoms. The van der Waals surface area contributed by atoms with Crippen molar-refractivity contribution in [2.45, 2.75) is 0 Å². The zero-order valence-corrected chi connectivity index (χ0v) is 12.9. The molecule has 1 saturated heterocycles. The Labute approximate surface area is 133 Å². The van der Waals surface area contributed by atoms with Gasteiger partial charge in [-0.05, 0) is 12.1 Å². The molecule has 2 aromatic rings. The van der Waals surface area contributed by atoms with E-state index in [9.17, 15) is 4.79 Å². The standard InChI is InChI=1S/C12H13N3O2S.2ClH/c16-11(14-6-8-4-13-5-8)10-7-15-12(18-10)9-2-1-3-17-9;;/h1-3,7-8,13H,4-6H2,(H,14,16);2*1H. The van der Waals surface area contributed by atoms with E-state index in [1.165, 1.54) is 11.3 Å². The van der Waals surface area contributed by atoms with Crippen LogP contribution >= 0.6 is 36.2 Å². The van der Waals surface area contributed by atoms with E-state index >= 15 is 0 Å². The molecule has 0 bridgehead atoms. The Morgan fingerprint density at radius 3 is 2.90 bits per heavy atom. The number of carbonyl (C=O) groups is 1. The average molecular weight is 336 g/mol. The molecule has 0 atom stereocenters. The lowest BCUT2D eigenvalue weighted by molar-refractivity contribution is 0.0946. The van der Waals surface area contributed by atoms with Gasteiger partial charge in [-0.15, -0.1) is 36.2 Å². The van der Waals surface area contributed by atoms with Gasteiger partial charge in [0.15, 0.2) is 10.8 Å². The van der Waals surface area contributed by atoms with Gasteiger partial charge in [-0.3, -0.25) is 4.79 Å². The highest BCUT2D eigenvalue weighted by molar-refractivity contribution is 7.16. The molecule has 2 N–H and O–H groups in total. The first-order valence-corrected chi connectivity index (χ1v) is 6.63. The summed E-state index contributed by atoms with van der Waals surface area (Å²) in [7, 11) is 0. The molecular weight excluding hydrogens is 321 g/mol. The average Bonchev–Trinajstić information content (AvgIpc) is 2.97. The maximum absolute atomic E-state index is 11.9. The first-order chi connectivity index (χ1) is 8.83. The van der Waals surface area contributed by atoms with Crippen molar-refractivity contribution in [2.75, 3.05) is 19.6 Å². The molecule has 2 aromatic heterocycles. The molecule has 3 rings (SSSR count). The van der Waals surface area contributed by atoms with Crippen molar-refractivity contribution in [3.8, 4) is 10.8 Å². The molecule has 0 saturated carbocycles. The third-order valence-corrected chi connectivity index (χ3v) is 3.89. The molecule has 0 radical (unpaired) electrons. The van der Waals surface area contributed by atoms with Crippen molar-refractivity contribution in [3.05, 3.63) is 29.5 Å². The predicted octanol–water partition coefficient (Wildman–Crippen LogP) is 2.20. The fourth-order valence-electron chi connectivity index (χ4n) is 1.71. The molecular formula is C12H15Cl2N3O2S. The molecule has 1 fully saturated rings. The van der Waals surface area contributed by atoms with Crippen molar-refractivity contribution in [1.82, 2.24) is 15.6 Å². The van der Waals surface area contributed by atoms with E-state index in [4.69, 9.17) is 4.42 Å². The first kappa shape index (κ1) is 17.0. The van der Waals surface area contributed by atoms with Gasteiger partial charge in [-0.25, -0.2) is 4.98 Å². The van der Waals surface area contributed by atoms with Crippen LogP contribution in [-0.2, 0) is 0 Å². The Morgan fingerprint density at radius 2 is 2.30 bits per heavy atom.